The van der Waals surface area contributed by atoms with Crippen molar-refractivity contribution in [3.8, 4) is 5.75 Å². The highest BCUT2D eigenvalue weighted by Gasteiger charge is 2.14. The number of ether oxygens (including phenoxy) is 1. The Labute approximate surface area is 151 Å². The summed E-state index contributed by atoms with van der Waals surface area (Å²) in [6.45, 7) is 1.12. The largest absolute Gasteiger partial charge is 0.493 e. The van der Waals surface area contributed by atoms with Crippen molar-refractivity contribution in [3.05, 3.63) is 78.5 Å². The van der Waals surface area contributed by atoms with Gasteiger partial charge in [0.15, 0.2) is 0 Å². The van der Waals surface area contributed by atoms with Gasteiger partial charge >= 0.3 is 5.97 Å². The molecule has 4 nitrogen and oxygen atoms in total. The molecule has 1 aromatic heterocycles. The molecule has 0 saturated carbocycles. The van der Waals surface area contributed by atoms with Crippen LogP contribution in [-0.2, 0) is 6.54 Å². The Morgan fingerprint density at radius 2 is 1.65 bits per heavy atom. The van der Waals surface area contributed by atoms with E-state index >= 15 is 0 Å². The summed E-state index contributed by atoms with van der Waals surface area (Å²) < 4.78 is 7.82. The van der Waals surface area contributed by atoms with E-state index in [1.807, 2.05) is 59.2 Å². The summed E-state index contributed by atoms with van der Waals surface area (Å²) in [7, 11) is 0. The van der Waals surface area contributed by atoms with Gasteiger partial charge in [0, 0.05) is 22.8 Å². The summed E-state index contributed by atoms with van der Waals surface area (Å²) in [6.07, 6.45) is 0.724. The van der Waals surface area contributed by atoms with Gasteiger partial charge in [-0.25, -0.2) is 4.79 Å². The Morgan fingerprint density at radius 1 is 0.923 bits per heavy atom. The van der Waals surface area contributed by atoms with Gasteiger partial charge in [0.2, 0.25) is 0 Å². The van der Waals surface area contributed by atoms with Gasteiger partial charge in [-0.2, -0.15) is 0 Å². The molecular weight excluding hydrogens is 326 g/mol. The fourth-order valence-electron chi connectivity index (χ4n) is 3.35. The van der Waals surface area contributed by atoms with E-state index in [4.69, 9.17) is 4.74 Å². The average molecular weight is 345 g/mol. The lowest BCUT2D eigenvalue weighted by Crippen LogP contribution is -2.11. The van der Waals surface area contributed by atoms with E-state index in [0.717, 1.165) is 33.8 Å². The van der Waals surface area contributed by atoms with Crippen LogP contribution in [0.15, 0.2) is 72.8 Å². The van der Waals surface area contributed by atoms with Crippen molar-refractivity contribution in [1.29, 1.82) is 0 Å². The topological polar surface area (TPSA) is 51.5 Å². The Hall–Kier alpha value is -3.27. The number of hydrogen-bond acceptors (Lipinski definition) is 2. The molecular formula is C22H19NO3. The number of fused-ring (bicyclic) bond motifs is 2. The third-order valence-corrected chi connectivity index (χ3v) is 4.56. The highest BCUT2D eigenvalue weighted by Crippen LogP contribution is 2.25. The van der Waals surface area contributed by atoms with E-state index < -0.39 is 5.97 Å². The fourth-order valence-corrected chi connectivity index (χ4v) is 3.35. The molecule has 0 amide bonds. The van der Waals surface area contributed by atoms with Crippen LogP contribution in [0.25, 0.3) is 21.7 Å². The molecule has 26 heavy (non-hydrogen) atoms. The Balaban J connectivity index is 1.49. The lowest BCUT2D eigenvalue weighted by Gasteiger charge is -2.11. The molecule has 0 unspecified atom stereocenters. The Kier molecular flexibility index (Phi) is 4.32. The zero-order valence-electron chi connectivity index (χ0n) is 14.3. The molecule has 3 aromatic carbocycles. The minimum absolute atomic E-state index is 0.316. The highest BCUT2D eigenvalue weighted by atomic mass is 16.5. The van der Waals surface area contributed by atoms with Crippen LogP contribution in [0.2, 0.25) is 0 Å². The molecule has 0 bridgehead atoms. The first-order valence-electron chi connectivity index (χ1n) is 8.66. The summed E-state index contributed by atoms with van der Waals surface area (Å²) in [5.74, 6) is -0.0462. The molecule has 0 aliphatic rings. The zero-order chi connectivity index (χ0) is 17.9. The van der Waals surface area contributed by atoms with Gasteiger partial charge in [0.1, 0.15) is 11.4 Å². The maximum atomic E-state index is 11.5. The maximum absolute atomic E-state index is 11.5. The van der Waals surface area contributed by atoms with E-state index in [-0.39, 0.29) is 0 Å². The summed E-state index contributed by atoms with van der Waals surface area (Å²) in [4.78, 5) is 11.5. The molecule has 4 rings (SSSR count). The van der Waals surface area contributed by atoms with Crippen LogP contribution >= 0.6 is 0 Å². The maximum Gasteiger partial charge on any atom is 0.352 e. The van der Waals surface area contributed by atoms with Gasteiger partial charge in [-0.3, -0.25) is 0 Å². The van der Waals surface area contributed by atoms with E-state index in [9.17, 15) is 9.90 Å². The molecule has 0 radical (unpaired) electrons. The molecule has 1 heterocycles. The molecule has 4 aromatic rings. The average Bonchev–Trinajstić information content (AvgIpc) is 3.04. The Morgan fingerprint density at radius 3 is 2.50 bits per heavy atom. The lowest BCUT2D eigenvalue weighted by molar-refractivity contribution is 0.0685. The van der Waals surface area contributed by atoms with Crippen LogP contribution in [0.1, 0.15) is 16.9 Å². The second-order valence-electron chi connectivity index (χ2n) is 6.22. The number of hydrogen-bond donors (Lipinski definition) is 1. The van der Waals surface area contributed by atoms with Crippen LogP contribution in [0.5, 0.6) is 5.75 Å². The molecule has 0 atom stereocenters. The third kappa shape index (κ3) is 3.02. The quantitative estimate of drug-likeness (QED) is 0.502. The van der Waals surface area contributed by atoms with E-state index in [0.29, 0.717) is 18.8 Å². The number of nitrogens with zero attached hydrogens (tertiary/aromatic N) is 1. The van der Waals surface area contributed by atoms with Crippen LogP contribution in [-0.4, -0.2) is 22.2 Å². The molecule has 4 heteroatoms. The van der Waals surface area contributed by atoms with Crippen LogP contribution in [0.3, 0.4) is 0 Å². The van der Waals surface area contributed by atoms with Crippen molar-refractivity contribution in [2.24, 2.45) is 0 Å². The van der Waals surface area contributed by atoms with Gasteiger partial charge in [-0.15, -0.1) is 0 Å². The molecule has 1 N–H and O–H groups in total. The molecule has 0 spiro atoms. The smallest absolute Gasteiger partial charge is 0.352 e. The Bertz CT molecular complexity index is 1080. The first-order valence-corrected chi connectivity index (χ1v) is 8.66. The SMILES string of the molecule is O=C(O)c1cc2ccccc2n1CCCOc1cccc2ccccc12. The van der Waals surface area contributed by atoms with Crippen molar-refractivity contribution in [3.63, 3.8) is 0 Å². The molecule has 130 valence electrons. The first-order chi connectivity index (χ1) is 12.7. The van der Waals surface area contributed by atoms with Crippen LogP contribution < -0.4 is 4.74 Å². The van der Waals surface area contributed by atoms with Crippen molar-refractivity contribution in [1.82, 2.24) is 4.57 Å². The van der Waals surface area contributed by atoms with E-state index in [2.05, 4.69) is 12.1 Å². The van der Waals surface area contributed by atoms with Crippen molar-refractivity contribution < 1.29 is 14.6 Å². The number of benzene rings is 3. The van der Waals surface area contributed by atoms with E-state index in [1.165, 1.54) is 0 Å². The number of carboxylic acid groups (broad SMARTS) is 1. The van der Waals surface area contributed by atoms with Crippen LogP contribution in [0.4, 0.5) is 0 Å². The number of carboxylic acids is 1. The van der Waals surface area contributed by atoms with Crippen molar-refractivity contribution >= 4 is 27.6 Å². The summed E-state index contributed by atoms with van der Waals surface area (Å²) in [5, 5.41) is 12.6. The summed E-state index contributed by atoms with van der Waals surface area (Å²) in [5.41, 5.74) is 1.26. The first kappa shape index (κ1) is 16.2. The van der Waals surface area contributed by atoms with Crippen molar-refractivity contribution in [2.75, 3.05) is 6.61 Å². The monoisotopic (exact) mass is 345 g/mol. The summed E-state index contributed by atoms with van der Waals surface area (Å²) >= 11 is 0. The molecule has 0 aliphatic carbocycles. The van der Waals surface area contributed by atoms with Crippen molar-refractivity contribution in [2.45, 2.75) is 13.0 Å². The van der Waals surface area contributed by atoms with Gasteiger partial charge < -0.3 is 14.4 Å². The number of rotatable bonds is 6. The fraction of sp³-hybridized carbons (Fsp3) is 0.136. The highest BCUT2D eigenvalue weighted by molar-refractivity contribution is 5.94. The predicted octanol–water partition coefficient (Wildman–Crippen LogP) is 4.96. The van der Waals surface area contributed by atoms with Gasteiger partial charge in [0.05, 0.1) is 6.61 Å². The molecule has 0 saturated heterocycles. The molecule has 0 aliphatic heterocycles. The van der Waals surface area contributed by atoms with Crippen LogP contribution in [0, 0.1) is 0 Å². The zero-order valence-corrected chi connectivity index (χ0v) is 14.3. The van der Waals surface area contributed by atoms with Gasteiger partial charge in [-0.1, -0.05) is 54.6 Å². The number of aromatic nitrogens is 1. The second-order valence-corrected chi connectivity index (χ2v) is 6.22. The number of aromatic carboxylic acids is 1. The van der Waals surface area contributed by atoms with Gasteiger partial charge in [-0.05, 0) is 30.0 Å². The summed E-state index contributed by atoms with van der Waals surface area (Å²) in [6, 6.07) is 23.6. The molecule has 0 fully saturated rings. The van der Waals surface area contributed by atoms with E-state index in [1.54, 1.807) is 6.07 Å². The number of carbonyl (C=O) groups is 1. The number of para-hydroxylation sites is 1. The third-order valence-electron chi connectivity index (χ3n) is 4.56. The normalized spacial score (nSPS) is 11.1. The lowest BCUT2D eigenvalue weighted by atomic mass is 10.1. The minimum atomic E-state index is -0.906. The predicted molar refractivity (Wildman–Crippen MR) is 103 cm³/mol. The minimum Gasteiger partial charge on any atom is -0.493 e. The number of aryl methyl sites for hydroxylation is 1. The standard InChI is InChI=1S/C22H19NO3/c24-22(25)20-15-17-8-2-4-11-19(17)23(20)13-6-14-26-21-12-5-9-16-7-1-3-10-18(16)21/h1-5,7-12,15H,6,13-14H2,(H,24,25). The van der Waals surface area contributed by atoms with Gasteiger partial charge in [0.25, 0.3) is 0 Å². The second kappa shape index (κ2) is 6.92.